The molecular weight excluding hydrogens is 230 g/mol. The first-order valence-corrected chi connectivity index (χ1v) is 5.60. The van der Waals surface area contributed by atoms with E-state index in [2.05, 4.69) is 18.2 Å². The number of hydrogen-bond donors (Lipinski definition) is 0. The van der Waals surface area contributed by atoms with Gasteiger partial charge >= 0.3 is 0 Å². The molecule has 0 aromatic heterocycles. The van der Waals surface area contributed by atoms with E-state index in [1.54, 1.807) is 0 Å². The van der Waals surface area contributed by atoms with Crippen LogP contribution >= 0.6 is 11.6 Å². The first-order chi connectivity index (χ1) is 8.28. The van der Waals surface area contributed by atoms with Gasteiger partial charge in [-0.1, -0.05) is 35.9 Å². The molecule has 17 heavy (non-hydrogen) atoms. The second-order valence-corrected chi connectivity index (χ2v) is 4.30. The van der Waals surface area contributed by atoms with Crippen molar-refractivity contribution in [2.45, 2.75) is 0 Å². The summed E-state index contributed by atoms with van der Waals surface area (Å²) in [5.74, 6) is 0. The Hall–Kier alpha value is -2.04. The lowest BCUT2D eigenvalue weighted by atomic mass is 10.0. The van der Waals surface area contributed by atoms with E-state index in [0.29, 0.717) is 10.6 Å². The Morgan fingerprint density at radius 1 is 1.00 bits per heavy atom. The average Bonchev–Trinajstić information content (AvgIpc) is 2.35. The summed E-state index contributed by atoms with van der Waals surface area (Å²) in [7, 11) is 0. The number of halogens is 1. The first kappa shape index (κ1) is 10.1. The maximum atomic E-state index is 8.93. The van der Waals surface area contributed by atoms with Crippen LogP contribution in [0.15, 0.2) is 42.5 Å². The van der Waals surface area contributed by atoms with Crippen LogP contribution in [-0.2, 0) is 0 Å². The highest BCUT2D eigenvalue weighted by Gasteiger charge is 2.04. The number of fused-ring (bicyclic) bond motifs is 2. The molecule has 3 rings (SSSR count). The summed E-state index contributed by atoms with van der Waals surface area (Å²) in [6, 6.07) is 19.1. The van der Waals surface area contributed by atoms with Gasteiger partial charge in [0.15, 0.2) is 0 Å². The van der Waals surface area contributed by atoms with Crippen molar-refractivity contribution in [1.82, 2.24) is 0 Å². The fourth-order valence-corrected chi connectivity index (χ4v) is 2.18. The largest absolute Gasteiger partial charge is 0.192 e. The summed E-state index contributed by atoms with van der Waals surface area (Å²) >= 11 is 6.00. The molecule has 0 spiro atoms. The molecule has 1 nitrogen and oxygen atoms in total. The Balaban J connectivity index is 2.45. The van der Waals surface area contributed by atoms with Crippen molar-refractivity contribution < 1.29 is 0 Å². The van der Waals surface area contributed by atoms with E-state index in [9.17, 15) is 0 Å². The topological polar surface area (TPSA) is 23.8 Å². The molecule has 0 heterocycles. The molecule has 0 bridgehead atoms. The van der Waals surface area contributed by atoms with Gasteiger partial charge in [0.05, 0.1) is 10.6 Å². The van der Waals surface area contributed by atoms with Gasteiger partial charge in [-0.2, -0.15) is 5.26 Å². The van der Waals surface area contributed by atoms with Crippen molar-refractivity contribution in [2.24, 2.45) is 0 Å². The summed E-state index contributed by atoms with van der Waals surface area (Å²) in [6.45, 7) is 0. The van der Waals surface area contributed by atoms with Gasteiger partial charge in [0, 0.05) is 6.07 Å². The van der Waals surface area contributed by atoms with Gasteiger partial charge in [0.1, 0.15) is 6.07 Å². The van der Waals surface area contributed by atoms with E-state index in [-0.39, 0.29) is 0 Å². The molecule has 0 aliphatic carbocycles. The zero-order valence-electron chi connectivity index (χ0n) is 8.87. The van der Waals surface area contributed by atoms with Crippen LogP contribution in [0.25, 0.3) is 21.5 Å². The zero-order valence-corrected chi connectivity index (χ0v) is 9.62. The van der Waals surface area contributed by atoms with Gasteiger partial charge in [-0.05, 0) is 39.7 Å². The highest BCUT2D eigenvalue weighted by molar-refractivity contribution is 6.32. The Labute approximate surface area is 104 Å². The monoisotopic (exact) mass is 236 g/mol. The van der Waals surface area contributed by atoms with Gasteiger partial charge in [-0.15, -0.1) is 0 Å². The second kappa shape index (κ2) is 3.76. The van der Waals surface area contributed by atoms with Gasteiger partial charge < -0.3 is 0 Å². The number of rotatable bonds is 0. The number of hydrogen-bond acceptors (Lipinski definition) is 1. The third-order valence-corrected chi connectivity index (χ3v) is 3.11. The van der Waals surface area contributed by atoms with Crippen molar-refractivity contribution in [3.8, 4) is 6.07 Å². The Bertz CT molecular complexity index is 769. The molecule has 3 aromatic carbocycles. The van der Waals surface area contributed by atoms with Crippen LogP contribution < -0.4 is 0 Å². The molecule has 0 aliphatic rings. The molecule has 0 saturated carbocycles. The summed E-state index contributed by atoms with van der Waals surface area (Å²) < 4.78 is 0. The molecule has 0 fully saturated rings. The number of benzene rings is 3. The SMILES string of the molecule is N#Cc1[c]c2cc3ccccc3cc2cc1Cl. The van der Waals surface area contributed by atoms with Crippen molar-refractivity contribution in [3.63, 3.8) is 0 Å². The normalized spacial score (nSPS) is 10.6. The van der Waals surface area contributed by atoms with Crippen LogP contribution in [0.4, 0.5) is 0 Å². The Morgan fingerprint density at radius 2 is 1.71 bits per heavy atom. The zero-order chi connectivity index (χ0) is 11.8. The van der Waals surface area contributed by atoms with E-state index in [1.807, 2.05) is 36.4 Å². The van der Waals surface area contributed by atoms with E-state index in [4.69, 9.17) is 16.9 Å². The minimum atomic E-state index is 0.398. The quantitative estimate of drug-likeness (QED) is 0.534. The molecule has 0 unspecified atom stereocenters. The van der Waals surface area contributed by atoms with Crippen LogP contribution in [0.3, 0.4) is 0 Å². The summed E-state index contributed by atoms with van der Waals surface area (Å²) in [6.07, 6.45) is 0. The fourth-order valence-electron chi connectivity index (χ4n) is 1.97. The molecule has 0 atom stereocenters. The van der Waals surface area contributed by atoms with Gasteiger partial charge in [0.25, 0.3) is 0 Å². The smallest absolute Gasteiger partial charge is 0.101 e. The molecular formula is C15H7ClN. The lowest BCUT2D eigenvalue weighted by Gasteiger charge is -2.03. The van der Waals surface area contributed by atoms with E-state index < -0.39 is 0 Å². The highest BCUT2D eigenvalue weighted by Crippen LogP contribution is 2.27. The van der Waals surface area contributed by atoms with Crippen LogP contribution in [0, 0.1) is 17.4 Å². The Morgan fingerprint density at radius 3 is 2.41 bits per heavy atom. The molecule has 3 aromatic rings. The van der Waals surface area contributed by atoms with Crippen LogP contribution in [0.5, 0.6) is 0 Å². The van der Waals surface area contributed by atoms with Gasteiger partial charge in [-0.25, -0.2) is 0 Å². The molecule has 79 valence electrons. The number of nitrogens with zero attached hydrogens (tertiary/aromatic N) is 1. The third kappa shape index (κ3) is 1.63. The molecule has 0 aliphatic heterocycles. The summed E-state index contributed by atoms with van der Waals surface area (Å²) in [5, 5.41) is 13.6. The lowest BCUT2D eigenvalue weighted by Crippen LogP contribution is -1.81. The first-order valence-electron chi connectivity index (χ1n) is 5.22. The van der Waals surface area contributed by atoms with Crippen molar-refractivity contribution in [3.05, 3.63) is 59.1 Å². The predicted octanol–water partition coefficient (Wildman–Crippen LogP) is 4.32. The molecule has 1 radical (unpaired) electrons. The Kier molecular flexibility index (Phi) is 2.24. The predicted molar refractivity (Wildman–Crippen MR) is 70.0 cm³/mol. The van der Waals surface area contributed by atoms with E-state index in [1.165, 1.54) is 0 Å². The minimum absolute atomic E-state index is 0.398. The third-order valence-electron chi connectivity index (χ3n) is 2.81. The highest BCUT2D eigenvalue weighted by atomic mass is 35.5. The standard InChI is InChI=1S/C15H7ClN/c16-15-8-13-6-11-4-2-1-3-10(11)5-12(13)7-14(15)9-17/h1-6,8H. The number of nitriles is 1. The lowest BCUT2D eigenvalue weighted by molar-refractivity contribution is 1.49. The maximum absolute atomic E-state index is 8.93. The van der Waals surface area contributed by atoms with Crippen LogP contribution in [0.1, 0.15) is 5.56 Å². The molecule has 0 saturated heterocycles. The molecule has 2 heteroatoms. The average molecular weight is 237 g/mol. The van der Waals surface area contributed by atoms with E-state index in [0.717, 1.165) is 21.5 Å². The van der Waals surface area contributed by atoms with E-state index >= 15 is 0 Å². The van der Waals surface area contributed by atoms with Crippen molar-refractivity contribution in [1.29, 1.82) is 5.26 Å². The van der Waals surface area contributed by atoms with Crippen LogP contribution in [-0.4, -0.2) is 0 Å². The maximum Gasteiger partial charge on any atom is 0.101 e. The fraction of sp³-hybridized carbons (Fsp3) is 0. The minimum Gasteiger partial charge on any atom is -0.192 e. The molecule has 0 amide bonds. The second-order valence-electron chi connectivity index (χ2n) is 3.89. The summed E-state index contributed by atoms with van der Waals surface area (Å²) in [5.41, 5.74) is 0.398. The summed E-state index contributed by atoms with van der Waals surface area (Å²) in [4.78, 5) is 0. The van der Waals surface area contributed by atoms with Crippen molar-refractivity contribution >= 4 is 33.1 Å². The van der Waals surface area contributed by atoms with Gasteiger partial charge in [0.2, 0.25) is 0 Å². The van der Waals surface area contributed by atoms with Gasteiger partial charge in [-0.3, -0.25) is 0 Å². The van der Waals surface area contributed by atoms with Crippen LogP contribution in [0.2, 0.25) is 5.02 Å². The molecule has 0 N–H and O–H groups in total. The van der Waals surface area contributed by atoms with Crippen molar-refractivity contribution in [2.75, 3.05) is 0 Å².